The maximum absolute atomic E-state index is 12.8. The van der Waals surface area contributed by atoms with E-state index < -0.39 is 0 Å². The van der Waals surface area contributed by atoms with Gasteiger partial charge in [-0.25, -0.2) is 0 Å². The minimum Gasteiger partial charge on any atom is -0.493 e. The van der Waals surface area contributed by atoms with Crippen LogP contribution in [0, 0.1) is 0 Å². The summed E-state index contributed by atoms with van der Waals surface area (Å²) in [6, 6.07) is 8.89. The molecular formula is C18H21N3O4. The van der Waals surface area contributed by atoms with Gasteiger partial charge in [0.05, 0.1) is 19.8 Å². The Bertz CT molecular complexity index is 716. The molecule has 1 amide bonds. The summed E-state index contributed by atoms with van der Waals surface area (Å²) in [4.78, 5) is 14.7. The molecule has 0 saturated carbocycles. The Morgan fingerprint density at radius 2 is 1.92 bits per heavy atom. The van der Waals surface area contributed by atoms with Gasteiger partial charge in [-0.1, -0.05) is 6.07 Å². The monoisotopic (exact) mass is 343 g/mol. The lowest BCUT2D eigenvalue weighted by atomic mass is 10.1. The van der Waals surface area contributed by atoms with Crippen LogP contribution in [-0.4, -0.2) is 54.4 Å². The summed E-state index contributed by atoms with van der Waals surface area (Å²) in [5, 5.41) is 7.74. The fraction of sp³-hybridized carbons (Fsp3) is 0.389. The molecule has 0 aliphatic carbocycles. The fourth-order valence-corrected chi connectivity index (χ4v) is 2.92. The SMILES string of the molecule is COc1cccc(C(=O)N2CCC(Oc3cccnn3)CC2)c1OC. The molecule has 1 fully saturated rings. The third-order valence-electron chi connectivity index (χ3n) is 4.20. The normalized spacial score (nSPS) is 14.9. The van der Waals surface area contributed by atoms with E-state index in [0.29, 0.717) is 36.0 Å². The number of benzene rings is 1. The molecule has 7 heteroatoms. The van der Waals surface area contributed by atoms with Crippen molar-refractivity contribution < 1.29 is 19.0 Å². The minimum absolute atomic E-state index is 0.0351. The number of carbonyl (C=O) groups is 1. The van der Waals surface area contributed by atoms with Gasteiger partial charge >= 0.3 is 0 Å². The van der Waals surface area contributed by atoms with Crippen LogP contribution < -0.4 is 14.2 Å². The number of rotatable bonds is 5. The second-order valence-electron chi connectivity index (χ2n) is 5.71. The molecule has 1 aromatic heterocycles. The summed E-state index contributed by atoms with van der Waals surface area (Å²) in [7, 11) is 3.09. The first-order chi connectivity index (χ1) is 12.2. The third-order valence-corrected chi connectivity index (χ3v) is 4.20. The highest BCUT2D eigenvalue weighted by molar-refractivity contribution is 5.97. The molecule has 0 unspecified atom stereocenters. The smallest absolute Gasteiger partial charge is 0.257 e. The van der Waals surface area contributed by atoms with Gasteiger partial charge in [-0.15, -0.1) is 5.10 Å². The van der Waals surface area contributed by atoms with Gasteiger partial charge in [-0.05, 0) is 18.2 Å². The van der Waals surface area contributed by atoms with Gasteiger partial charge in [-0.2, -0.15) is 5.10 Å². The fourth-order valence-electron chi connectivity index (χ4n) is 2.92. The number of nitrogens with zero attached hydrogens (tertiary/aromatic N) is 3. The van der Waals surface area contributed by atoms with Crippen molar-refractivity contribution >= 4 is 5.91 Å². The van der Waals surface area contributed by atoms with Crippen molar-refractivity contribution in [3.8, 4) is 17.4 Å². The average Bonchev–Trinajstić information content (AvgIpc) is 2.68. The molecule has 0 N–H and O–H groups in total. The zero-order chi connectivity index (χ0) is 17.6. The molecule has 0 bridgehead atoms. The van der Waals surface area contributed by atoms with Crippen molar-refractivity contribution in [2.75, 3.05) is 27.3 Å². The molecule has 132 valence electrons. The van der Waals surface area contributed by atoms with Crippen molar-refractivity contribution in [1.29, 1.82) is 0 Å². The number of hydrogen-bond acceptors (Lipinski definition) is 6. The lowest BCUT2D eigenvalue weighted by Crippen LogP contribution is -2.42. The highest BCUT2D eigenvalue weighted by Crippen LogP contribution is 2.32. The molecule has 2 heterocycles. The van der Waals surface area contributed by atoms with Crippen LogP contribution in [0.5, 0.6) is 17.4 Å². The Morgan fingerprint density at radius 3 is 2.56 bits per heavy atom. The summed E-state index contributed by atoms with van der Waals surface area (Å²) in [5.41, 5.74) is 0.509. The molecule has 2 aromatic rings. The molecule has 1 saturated heterocycles. The number of hydrogen-bond donors (Lipinski definition) is 0. The quantitative estimate of drug-likeness (QED) is 0.828. The molecule has 25 heavy (non-hydrogen) atoms. The molecule has 1 aromatic carbocycles. The molecule has 0 atom stereocenters. The number of ether oxygens (including phenoxy) is 3. The van der Waals surface area contributed by atoms with E-state index in [1.165, 1.54) is 7.11 Å². The van der Waals surface area contributed by atoms with Crippen LogP contribution in [0.1, 0.15) is 23.2 Å². The second kappa shape index (κ2) is 7.83. The van der Waals surface area contributed by atoms with E-state index in [2.05, 4.69) is 10.2 Å². The minimum atomic E-state index is -0.0614. The van der Waals surface area contributed by atoms with Gasteiger partial charge in [0.25, 0.3) is 5.91 Å². The van der Waals surface area contributed by atoms with Gasteiger partial charge in [0, 0.05) is 38.2 Å². The predicted octanol–water partition coefficient (Wildman–Crippen LogP) is 2.18. The lowest BCUT2D eigenvalue weighted by Gasteiger charge is -2.32. The maximum Gasteiger partial charge on any atom is 0.257 e. The van der Waals surface area contributed by atoms with Crippen LogP contribution in [0.15, 0.2) is 36.5 Å². The molecular weight excluding hydrogens is 322 g/mol. The van der Waals surface area contributed by atoms with E-state index in [-0.39, 0.29) is 12.0 Å². The topological polar surface area (TPSA) is 73.8 Å². The van der Waals surface area contributed by atoms with Crippen LogP contribution in [0.3, 0.4) is 0 Å². The number of aromatic nitrogens is 2. The Morgan fingerprint density at radius 1 is 1.12 bits per heavy atom. The summed E-state index contributed by atoms with van der Waals surface area (Å²) in [5.74, 6) is 1.47. The maximum atomic E-state index is 12.8. The van der Waals surface area contributed by atoms with Crippen molar-refractivity contribution in [2.45, 2.75) is 18.9 Å². The summed E-state index contributed by atoms with van der Waals surface area (Å²) >= 11 is 0. The van der Waals surface area contributed by atoms with Crippen molar-refractivity contribution in [1.82, 2.24) is 15.1 Å². The summed E-state index contributed by atoms with van der Waals surface area (Å²) < 4.78 is 16.5. The van der Waals surface area contributed by atoms with Gasteiger partial charge in [0.1, 0.15) is 6.10 Å². The van der Waals surface area contributed by atoms with E-state index in [1.54, 1.807) is 43.6 Å². The molecule has 3 rings (SSSR count). The molecule has 1 aliphatic rings. The highest BCUT2D eigenvalue weighted by atomic mass is 16.5. The molecule has 0 radical (unpaired) electrons. The Hall–Kier alpha value is -2.83. The van der Waals surface area contributed by atoms with Crippen molar-refractivity contribution in [3.05, 3.63) is 42.1 Å². The Kier molecular flexibility index (Phi) is 5.33. The standard InChI is InChI=1S/C18H21N3O4/c1-23-15-6-3-5-14(17(15)24-2)18(22)21-11-8-13(9-12-21)25-16-7-4-10-19-20-16/h3-7,10,13H,8-9,11-12H2,1-2H3. The van der Waals surface area contributed by atoms with Crippen LogP contribution >= 0.6 is 0 Å². The van der Waals surface area contributed by atoms with Crippen molar-refractivity contribution in [2.24, 2.45) is 0 Å². The largest absolute Gasteiger partial charge is 0.493 e. The number of methoxy groups -OCH3 is 2. The van der Waals surface area contributed by atoms with Gasteiger partial charge in [-0.3, -0.25) is 4.79 Å². The number of piperidine rings is 1. The predicted molar refractivity (Wildman–Crippen MR) is 91.1 cm³/mol. The van der Waals surface area contributed by atoms with Crippen LogP contribution in [0.25, 0.3) is 0 Å². The lowest BCUT2D eigenvalue weighted by molar-refractivity contribution is 0.0582. The number of amides is 1. The Balaban J connectivity index is 1.64. The first-order valence-electron chi connectivity index (χ1n) is 8.17. The number of carbonyl (C=O) groups excluding carboxylic acids is 1. The zero-order valence-electron chi connectivity index (χ0n) is 14.3. The second-order valence-corrected chi connectivity index (χ2v) is 5.71. The molecule has 1 aliphatic heterocycles. The molecule has 0 spiro atoms. The van der Waals surface area contributed by atoms with Crippen LogP contribution in [0.4, 0.5) is 0 Å². The van der Waals surface area contributed by atoms with Gasteiger partial charge in [0.15, 0.2) is 11.5 Å². The van der Waals surface area contributed by atoms with Crippen molar-refractivity contribution in [3.63, 3.8) is 0 Å². The van der Waals surface area contributed by atoms with E-state index in [4.69, 9.17) is 14.2 Å². The van der Waals surface area contributed by atoms with Crippen LogP contribution in [-0.2, 0) is 0 Å². The average molecular weight is 343 g/mol. The summed E-state index contributed by atoms with van der Waals surface area (Å²) in [6.45, 7) is 1.23. The number of likely N-dealkylation sites (tertiary alicyclic amines) is 1. The first kappa shape index (κ1) is 17.0. The van der Waals surface area contributed by atoms with E-state index in [9.17, 15) is 4.79 Å². The third kappa shape index (κ3) is 3.81. The number of para-hydroxylation sites is 1. The van der Waals surface area contributed by atoms with Crippen LogP contribution in [0.2, 0.25) is 0 Å². The summed E-state index contributed by atoms with van der Waals surface area (Å²) in [6.07, 6.45) is 3.13. The Labute approximate surface area is 146 Å². The first-order valence-corrected chi connectivity index (χ1v) is 8.17. The van der Waals surface area contributed by atoms with E-state index in [0.717, 1.165) is 12.8 Å². The van der Waals surface area contributed by atoms with Gasteiger partial charge < -0.3 is 19.1 Å². The van der Waals surface area contributed by atoms with E-state index >= 15 is 0 Å². The zero-order valence-corrected chi connectivity index (χ0v) is 14.3. The molecule has 7 nitrogen and oxygen atoms in total. The highest BCUT2D eigenvalue weighted by Gasteiger charge is 2.27. The van der Waals surface area contributed by atoms with Gasteiger partial charge in [0.2, 0.25) is 5.88 Å². The van der Waals surface area contributed by atoms with E-state index in [1.807, 2.05) is 4.90 Å².